The second-order valence-corrected chi connectivity index (χ2v) is 4.29. The number of hydrogen-bond acceptors (Lipinski definition) is 4. The Morgan fingerprint density at radius 1 is 1.39 bits per heavy atom. The molecule has 0 aliphatic heterocycles. The minimum absolute atomic E-state index is 0.301. The molecule has 7 heteroatoms. The monoisotopic (exact) mass is 262 g/mol. The zero-order valence-corrected chi connectivity index (χ0v) is 10.8. The van der Waals surface area contributed by atoms with Crippen molar-refractivity contribution in [3.63, 3.8) is 0 Å². The lowest BCUT2D eigenvalue weighted by Gasteiger charge is -2.30. The van der Waals surface area contributed by atoms with Crippen LogP contribution in [0.2, 0.25) is 0 Å². The fourth-order valence-electron chi connectivity index (χ4n) is 1.54. The van der Waals surface area contributed by atoms with Crippen LogP contribution in [0.3, 0.4) is 0 Å². The van der Waals surface area contributed by atoms with Gasteiger partial charge in [-0.05, 0) is 20.8 Å². The van der Waals surface area contributed by atoms with E-state index in [4.69, 9.17) is 0 Å². The lowest BCUT2D eigenvalue weighted by atomic mass is 10.2. The number of aryl methyl sites for hydroxylation is 1. The van der Waals surface area contributed by atoms with E-state index in [1.165, 1.54) is 11.1 Å². The number of alkyl halides is 3. The number of aromatic nitrogens is 2. The molecule has 0 saturated carbocycles. The summed E-state index contributed by atoms with van der Waals surface area (Å²) >= 11 is 0. The molecule has 0 aliphatic rings. The fraction of sp³-hybridized carbons (Fsp3) is 0.636. The lowest BCUT2D eigenvalue weighted by Crippen LogP contribution is -2.40. The third-order valence-corrected chi connectivity index (χ3v) is 2.41. The van der Waals surface area contributed by atoms with Gasteiger partial charge in [0.15, 0.2) is 0 Å². The summed E-state index contributed by atoms with van der Waals surface area (Å²) in [5, 5.41) is 2.72. The predicted octanol–water partition coefficient (Wildman–Crippen LogP) is 2.60. The molecule has 1 heterocycles. The maximum Gasteiger partial charge on any atom is 0.405 e. The number of anilines is 2. The molecule has 0 aliphatic carbocycles. The Kier molecular flexibility index (Phi) is 4.37. The summed E-state index contributed by atoms with van der Waals surface area (Å²) in [6, 6.07) is -0.301. The van der Waals surface area contributed by atoms with Gasteiger partial charge < -0.3 is 10.2 Å². The molecule has 0 bridgehead atoms. The van der Waals surface area contributed by atoms with Gasteiger partial charge in [0.05, 0.1) is 0 Å². The third kappa shape index (κ3) is 3.75. The first-order valence-electron chi connectivity index (χ1n) is 5.59. The molecule has 18 heavy (non-hydrogen) atoms. The van der Waals surface area contributed by atoms with Crippen LogP contribution in [0.15, 0.2) is 6.20 Å². The van der Waals surface area contributed by atoms with Crippen LogP contribution < -0.4 is 10.2 Å². The first-order chi connectivity index (χ1) is 8.24. The number of nitrogens with one attached hydrogen (secondary N) is 1. The van der Waals surface area contributed by atoms with Crippen LogP contribution in [-0.4, -0.2) is 35.8 Å². The van der Waals surface area contributed by atoms with E-state index in [0.29, 0.717) is 17.3 Å². The Morgan fingerprint density at radius 3 is 2.44 bits per heavy atom. The third-order valence-electron chi connectivity index (χ3n) is 2.41. The van der Waals surface area contributed by atoms with Crippen molar-refractivity contribution in [3.05, 3.63) is 11.8 Å². The molecule has 0 aromatic carbocycles. The largest absolute Gasteiger partial charge is 0.405 e. The highest BCUT2D eigenvalue weighted by Crippen LogP contribution is 2.25. The van der Waals surface area contributed by atoms with Gasteiger partial charge >= 0.3 is 6.18 Å². The maximum atomic E-state index is 12.6. The quantitative estimate of drug-likeness (QED) is 0.905. The van der Waals surface area contributed by atoms with Crippen LogP contribution in [-0.2, 0) is 0 Å². The molecule has 0 fully saturated rings. The van der Waals surface area contributed by atoms with Crippen molar-refractivity contribution >= 4 is 11.8 Å². The molecule has 102 valence electrons. The molecule has 1 aromatic rings. The average Bonchev–Trinajstić information content (AvgIpc) is 2.25. The zero-order valence-electron chi connectivity index (χ0n) is 10.8. The van der Waals surface area contributed by atoms with Crippen molar-refractivity contribution in [3.8, 4) is 0 Å². The molecule has 1 N–H and O–H groups in total. The second-order valence-electron chi connectivity index (χ2n) is 4.29. The van der Waals surface area contributed by atoms with Crippen molar-refractivity contribution in [2.75, 3.05) is 23.8 Å². The predicted molar refractivity (Wildman–Crippen MR) is 64.9 cm³/mol. The molecule has 0 atom stereocenters. The molecule has 0 saturated heterocycles. The molecule has 0 unspecified atom stereocenters. The van der Waals surface area contributed by atoms with Gasteiger partial charge in [0, 0.05) is 24.8 Å². The number of hydrogen-bond donors (Lipinski definition) is 1. The smallest absolute Gasteiger partial charge is 0.357 e. The van der Waals surface area contributed by atoms with E-state index in [-0.39, 0.29) is 6.04 Å². The Hall–Kier alpha value is -1.53. The minimum Gasteiger partial charge on any atom is -0.357 e. The Morgan fingerprint density at radius 2 is 2.00 bits per heavy atom. The number of halogens is 3. The number of nitrogens with zero attached hydrogens (tertiary/aromatic N) is 3. The summed E-state index contributed by atoms with van der Waals surface area (Å²) in [4.78, 5) is 9.29. The Bertz CT molecular complexity index is 404. The van der Waals surface area contributed by atoms with Crippen LogP contribution >= 0.6 is 0 Å². The standard InChI is InChI=1S/C11H17F3N4/c1-7(2)18(6-11(12,13)14)9-8(3)5-16-10(15-4)17-9/h5,7H,6H2,1-4H3,(H,15,16,17). The van der Waals surface area contributed by atoms with Crippen molar-refractivity contribution in [1.82, 2.24) is 9.97 Å². The summed E-state index contributed by atoms with van der Waals surface area (Å²) < 4.78 is 37.7. The van der Waals surface area contributed by atoms with Crippen LogP contribution in [0, 0.1) is 6.92 Å². The average molecular weight is 262 g/mol. The van der Waals surface area contributed by atoms with Gasteiger partial charge in [-0.25, -0.2) is 4.98 Å². The summed E-state index contributed by atoms with van der Waals surface area (Å²) in [5.74, 6) is 0.616. The molecule has 0 amide bonds. The van der Waals surface area contributed by atoms with Gasteiger partial charge in [-0.1, -0.05) is 0 Å². The molecule has 4 nitrogen and oxygen atoms in total. The van der Waals surface area contributed by atoms with E-state index >= 15 is 0 Å². The van der Waals surface area contributed by atoms with Gasteiger partial charge in [0.2, 0.25) is 5.95 Å². The molecular formula is C11H17F3N4. The van der Waals surface area contributed by atoms with E-state index < -0.39 is 12.7 Å². The van der Waals surface area contributed by atoms with E-state index in [9.17, 15) is 13.2 Å². The SMILES string of the molecule is CNc1ncc(C)c(N(CC(F)(F)F)C(C)C)n1. The fourth-order valence-corrected chi connectivity index (χ4v) is 1.54. The molecule has 0 radical (unpaired) electrons. The van der Waals surface area contributed by atoms with Gasteiger partial charge in [0.1, 0.15) is 12.4 Å². The van der Waals surface area contributed by atoms with Crippen LogP contribution in [0.25, 0.3) is 0 Å². The van der Waals surface area contributed by atoms with Crippen LogP contribution in [0.4, 0.5) is 24.9 Å². The van der Waals surface area contributed by atoms with Gasteiger partial charge in [-0.2, -0.15) is 18.2 Å². The van der Waals surface area contributed by atoms with Crippen LogP contribution in [0.5, 0.6) is 0 Å². The van der Waals surface area contributed by atoms with Gasteiger partial charge in [-0.3, -0.25) is 0 Å². The minimum atomic E-state index is -4.26. The summed E-state index contributed by atoms with van der Waals surface area (Å²) in [7, 11) is 1.62. The molecule has 1 aromatic heterocycles. The first kappa shape index (κ1) is 14.5. The maximum absolute atomic E-state index is 12.6. The normalized spacial score (nSPS) is 11.8. The summed E-state index contributed by atoms with van der Waals surface area (Å²) in [6.45, 7) is 4.07. The molecule has 0 spiro atoms. The van der Waals surface area contributed by atoms with Crippen molar-refractivity contribution < 1.29 is 13.2 Å². The summed E-state index contributed by atoms with van der Waals surface area (Å²) in [5.41, 5.74) is 0.618. The van der Waals surface area contributed by atoms with E-state index in [1.807, 2.05) is 0 Å². The highest BCUT2D eigenvalue weighted by molar-refractivity contribution is 5.49. The Balaban J connectivity index is 3.12. The number of rotatable bonds is 4. The lowest BCUT2D eigenvalue weighted by molar-refractivity contribution is -0.120. The highest BCUT2D eigenvalue weighted by atomic mass is 19.4. The molecule has 1 rings (SSSR count). The van der Waals surface area contributed by atoms with E-state index in [0.717, 1.165) is 0 Å². The second kappa shape index (κ2) is 5.41. The molecular weight excluding hydrogens is 245 g/mol. The van der Waals surface area contributed by atoms with Crippen molar-refractivity contribution in [2.45, 2.75) is 33.0 Å². The first-order valence-corrected chi connectivity index (χ1v) is 5.59. The van der Waals surface area contributed by atoms with E-state index in [1.54, 1.807) is 27.8 Å². The highest BCUT2D eigenvalue weighted by Gasteiger charge is 2.33. The van der Waals surface area contributed by atoms with E-state index in [2.05, 4.69) is 15.3 Å². The Labute approximate surface area is 104 Å². The van der Waals surface area contributed by atoms with Crippen LogP contribution in [0.1, 0.15) is 19.4 Å². The zero-order chi connectivity index (χ0) is 13.9. The van der Waals surface area contributed by atoms with Gasteiger partial charge in [-0.15, -0.1) is 0 Å². The van der Waals surface area contributed by atoms with Crippen molar-refractivity contribution in [2.24, 2.45) is 0 Å². The summed E-state index contributed by atoms with van der Waals surface area (Å²) in [6.07, 6.45) is -2.75. The van der Waals surface area contributed by atoms with Gasteiger partial charge in [0.25, 0.3) is 0 Å². The van der Waals surface area contributed by atoms with Crippen molar-refractivity contribution in [1.29, 1.82) is 0 Å². The topological polar surface area (TPSA) is 41.1 Å².